The Balaban J connectivity index is 1.27. The highest BCUT2D eigenvalue weighted by Crippen LogP contribution is 2.37. The van der Waals surface area contributed by atoms with Crippen molar-refractivity contribution in [3.05, 3.63) is 145 Å². The molecule has 0 radical (unpaired) electrons. The second-order valence-electron chi connectivity index (χ2n) is 10.7. The highest BCUT2D eigenvalue weighted by molar-refractivity contribution is 7.91. The number of nitrogens with zero attached hydrogens (tertiary/aromatic N) is 1. The molecule has 0 N–H and O–H groups in total. The first-order valence-electron chi connectivity index (χ1n) is 14.1. The largest absolute Gasteiger partial charge is 0.497 e. The fourth-order valence-corrected chi connectivity index (χ4v) is 7.13. The molecule has 1 aromatic heterocycles. The maximum absolute atomic E-state index is 13.1. The normalized spacial score (nSPS) is 11.7. The van der Waals surface area contributed by atoms with Crippen LogP contribution in [-0.4, -0.2) is 20.1 Å². The van der Waals surface area contributed by atoms with Gasteiger partial charge >= 0.3 is 0 Å². The van der Waals surface area contributed by atoms with Crippen molar-refractivity contribution in [2.75, 3.05) is 7.11 Å². The predicted octanol–water partition coefficient (Wildman–Crippen LogP) is 9.27. The summed E-state index contributed by atoms with van der Waals surface area (Å²) in [7, 11) is -1.88. The van der Waals surface area contributed by atoms with Crippen LogP contribution in [0.4, 0.5) is 0 Å². The number of rotatable bonds is 6. The van der Waals surface area contributed by atoms with E-state index in [0.717, 1.165) is 50.1 Å². The third-order valence-electron chi connectivity index (χ3n) is 8.02. The Morgan fingerprint density at radius 1 is 0.558 bits per heavy atom. The van der Waals surface area contributed by atoms with Crippen molar-refractivity contribution in [3.8, 4) is 33.7 Å². The molecule has 0 fully saturated rings. The van der Waals surface area contributed by atoms with Crippen molar-refractivity contribution in [1.82, 2.24) is 4.57 Å². The molecule has 0 amide bonds. The minimum Gasteiger partial charge on any atom is -0.497 e. The van der Waals surface area contributed by atoms with Crippen LogP contribution in [0.5, 0.6) is 5.75 Å². The van der Waals surface area contributed by atoms with Gasteiger partial charge < -0.3 is 9.30 Å². The van der Waals surface area contributed by atoms with Crippen LogP contribution in [-0.2, 0) is 9.84 Å². The second-order valence-corrected chi connectivity index (χ2v) is 12.6. The van der Waals surface area contributed by atoms with Crippen LogP contribution >= 0.6 is 0 Å². The van der Waals surface area contributed by atoms with Gasteiger partial charge in [-0.15, -0.1) is 0 Å². The molecule has 7 rings (SSSR count). The van der Waals surface area contributed by atoms with E-state index >= 15 is 0 Å². The number of fused-ring (bicyclic) bond motifs is 3. The van der Waals surface area contributed by atoms with Gasteiger partial charge in [0.1, 0.15) is 5.75 Å². The van der Waals surface area contributed by atoms with E-state index in [9.17, 15) is 8.42 Å². The Labute approximate surface area is 251 Å². The molecule has 0 atom stereocenters. The second kappa shape index (κ2) is 10.6. The van der Waals surface area contributed by atoms with E-state index in [1.165, 1.54) is 10.9 Å². The summed E-state index contributed by atoms with van der Waals surface area (Å²) in [5.41, 5.74) is 8.72. The zero-order valence-electron chi connectivity index (χ0n) is 23.9. The predicted molar refractivity (Wildman–Crippen MR) is 175 cm³/mol. The van der Waals surface area contributed by atoms with Crippen LogP contribution in [0.3, 0.4) is 0 Å². The third-order valence-corrected chi connectivity index (χ3v) is 9.81. The summed E-state index contributed by atoms with van der Waals surface area (Å²) in [6.07, 6.45) is 0. The number of aryl methyl sites for hydroxylation is 1. The Hall–Kier alpha value is -5.13. The lowest BCUT2D eigenvalue weighted by Gasteiger charge is -2.13. The van der Waals surface area contributed by atoms with E-state index in [0.29, 0.717) is 4.90 Å². The molecule has 7 aromatic rings. The number of hydrogen-bond acceptors (Lipinski definition) is 3. The number of methoxy groups -OCH3 is 1. The van der Waals surface area contributed by atoms with Crippen molar-refractivity contribution in [2.24, 2.45) is 0 Å². The van der Waals surface area contributed by atoms with E-state index in [1.54, 1.807) is 43.5 Å². The van der Waals surface area contributed by atoms with E-state index < -0.39 is 9.84 Å². The van der Waals surface area contributed by atoms with Crippen LogP contribution < -0.4 is 4.74 Å². The lowest BCUT2D eigenvalue weighted by Crippen LogP contribution is -2.01. The van der Waals surface area contributed by atoms with Gasteiger partial charge in [0.15, 0.2) is 0 Å². The van der Waals surface area contributed by atoms with E-state index in [1.807, 2.05) is 36.4 Å². The molecular weight excluding hydrogens is 550 g/mol. The quantitative estimate of drug-likeness (QED) is 0.197. The van der Waals surface area contributed by atoms with Gasteiger partial charge in [-0.3, -0.25) is 0 Å². The monoisotopic (exact) mass is 579 g/mol. The summed E-state index contributed by atoms with van der Waals surface area (Å²) in [6.45, 7) is 2.12. The standard InChI is InChI=1S/C38H29NO3S/c1-26-12-22-37-35(24-26)36-25-30(42-2)19-23-38(36)39(37)29-17-13-27(14-18-29)33-10-6-7-11-34(33)28-15-20-32(21-16-28)43(40,41)31-8-4-3-5-9-31/h3-25H,1-2H3. The lowest BCUT2D eigenvalue weighted by molar-refractivity contribution is 0.415. The summed E-state index contributed by atoms with van der Waals surface area (Å²) in [6, 6.07) is 45.3. The third kappa shape index (κ3) is 4.68. The van der Waals surface area contributed by atoms with Crippen LogP contribution in [0.15, 0.2) is 149 Å². The number of sulfone groups is 1. The number of benzene rings is 6. The molecule has 6 aromatic carbocycles. The highest BCUT2D eigenvalue weighted by Gasteiger charge is 2.18. The summed E-state index contributed by atoms with van der Waals surface area (Å²) >= 11 is 0. The topological polar surface area (TPSA) is 48.3 Å². The Kier molecular flexibility index (Phi) is 6.60. The van der Waals surface area contributed by atoms with Gasteiger partial charge in [-0.05, 0) is 95.9 Å². The molecule has 0 aliphatic rings. The number of aromatic nitrogens is 1. The minimum absolute atomic E-state index is 0.281. The van der Waals surface area contributed by atoms with Gasteiger partial charge in [-0.25, -0.2) is 8.42 Å². The first-order valence-corrected chi connectivity index (χ1v) is 15.6. The fourth-order valence-electron chi connectivity index (χ4n) is 5.85. The van der Waals surface area contributed by atoms with Crippen molar-refractivity contribution < 1.29 is 13.2 Å². The van der Waals surface area contributed by atoms with Gasteiger partial charge in [0.25, 0.3) is 0 Å². The van der Waals surface area contributed by atoms with Gasteiger partial charge in [0, 0.05) is 16.5 Å². The van der Waals surface area contributed by atoms with Gasteiger partial charge in [-0.1, -0.05) is 78.4 Å². The molecular formula is C38H29NO3S. The summed E-state index contributed by atoms with van der Waals surface area (Å²) in [5.74, 6) is 0.839. The average molecular weight is 580 g/mol. The molecule has 5 heteroatoms. The van der Waals surface area contributed by atoms with Crippen LogP contribution in [0, 0.1) is 6.92 Å². The van der Waals surface area contributed by atoms with Crippen LogP contribution in [0.25, 0.3) is 49.7 Å². The first kappa shape index (κ1) is 26.7. The van der Waals surface area contributed by atoms with Crippen molar-refractivity contribution in [1.29, 1.82) is 0 Å². The van der Waals surface area contributed by atoms with Crippen molar-refractivity contribution in [3.63, 3.8) is 0 Å². The van der Waals surface area contributed by atoms with E-state index in [2.05, 4.69) is 78.2 Å². The molecule has 0 saturated carbocycles. The number of hydrogen-bond donors (Lipinski definition) is 0. The van der Waals surface area contributed by atoms with Gasteiger partial charge in [0.2, 0.25) is 9.84 Å². The molecule has 0 spiro atoms. The maximum atomic E-state index is 13.1. The molecule has 0 saturated heterocycles. The van der Waals surface area contributed by atoms with Gasteiger partial charge in [-0.2, -0.15) is 0 Å². The molecule has 0 bridgehead atoms. The Morgan fingerprint density at radius 2 is 1.09 bits per heavy atom. The smallest absolute Gasteiger partial charge is 0.206 e. The molecule has 0 aliphatic carbocycles. The average Bonchev–Trinajstić information content (AvgIpc) is 3.38. The summed E-state index contributed by atoms with van der Waals surface area (Å²) in [4.78, 5) is 0.573. The highest BCUT2D eigenvalue weighted by atomic mass is 32.2. The summed E-state index contributed by atoms with van der Waals surface area (Å²) < 4.78 is 34.0. The molecule has 43 heavy (non-hydrogen) atoms. The summed E-state index contributed by atoms with van der Waals surface area (Å²) in [5, 5.41) is 2.35. The first-order chi connectivity index (χ1) is 20.9. The zero-order chi connectivity index (χ0) is 29.6. The Bertz CT molecular complexity index is 2220. The lowest BCUT2D eigenvalue weighted by atomic mass is 9.94. The van der Waals surface area contributed by atoms with Crippen LogP contribution in [0.2, 0.25) is 0 Å². The van der Waals surface area contributed by atoms with Crippen molar-refractivity contribution >= 4 is 31.6 Å². The van der Waals surface area contributed by atoms with Gasteiger partial charge in [0.05, 0.1) is 27.9 Å². The molecule has 0 unspecified atom stereocenters. The molecule has 210 valence electrons. The zero-order valence-corrected chi connectivity index (χ0v) is 24.7. The Morgan fingerprint density at radius 3 is 1.72 bits per heavy atom. The van der Waals surface area contributed by atoms with E-state index in [4.69, 9.17) is 4.74 Å². The molecule has 1 heterocycles. The van der Waals surface area contributed by atoms with Crippen LogP contribution in [0.1, 0.15) is 5.56 Å². The van der Waals surface area contributed by atoms with E-state index in [-0.39, 0.29) is 4.90 Å². The molecule has 0 aliphatic heterocycles. The minimum atomic E-state index is -3.57. The SMILES string of the molecule is COc1ccc2c(c1)c1cc(C)ccc1n2-c1ccc(-c2ccccc2-c2ccc(S(=O)(=O)c3ccccc3)cc2)cc1. The molecule has 4 nitrogen and oxygen atoms in total. The number of ether oxygens (including phenoxy) is 1. The van der Waals surface area contributed by atoms with Crippen molar-refractivity contribution in [2.45, 2.75) is 16.7 Å². The fraction of sp³-hybridized carbons (Fsp3) is 0.0526. The maximum Gasteiger partial charge on any atom is 0.206 e.